The maximum Gasteiger partial charge on any atom is 0.203 e. The van der Waals surface area contributed by atoms with Crippen LogP contribution in [0.5, 0.6) is 0 Å². The highest BCUT2D eigenvalue weighted by atomic mass is 16.1. The van der Waals surface area contributed by atoms with Crippen LogP contribution in [0.15, 0.2) is 77.6 Å². The van der Waals surface area contributed by atoms with Crippen molar-refractivity contribution in [1.82, 2.24) is 14.8 Å². The number of para-hydroxylation sites is 1. The van der Waals surface area contributed by atoms with Crippen LogP contribution in [0.2, 0.25) is 0 Å². The molecule has 0 amide bonds. The summed E-state index contributed by atoms with van der Waals surface area (Å²) in [7, 11) is 0. The molecule has 2 aromatic carbocycles. The Balaban J connectivity index is 2.06. The second-order valence-corrected chi connectivity index (χ2v) is 5.43. The topological polar surface area (TPSA) is 73.8 Å². The molecule has 1 aliphatic carbocycles. The Labute approximate surface area is 138 Å². The van der Waals surface area contributed by atoms with E-state index in [1.54, 1.807) is 10.7 Å². The molecule has 0 saturated heterocycles. The van der Waals surface area contributed by atoms with Gasteiger partial charge in [0.2, 0.25) is 5.43 Å². The first-order valence-electron chi connectivity index (χ1n) is 7.54. The molecule has 0 spiro atoms. The Morgan fingerprint density at radius 3 is 2.25 bits per heavy atom. The predicted molar refractivity (Wildman–Crippen MR) is 94.1 cm³/mol. The van der Waals surface area contributed by atoms with Crippen molar-refractivity contribution in [1.29, 1.82) is 0 Å². The Kier molecular flexibility index (Phi) is 3.31. The van der Waals surface area contributed by atoms with Crippen molar-refractivity contribution in [3.05, 3.63) is 83.0 Å². The highest BCUT2D eigenvalue weighted by Crippen LogP contribution is 2.25. The highest BCUT2D eigenvalue weighted by Gasteiger charge is 2.16. The number of nitrogens with zero attached hydrogens (tertiary/aromatic N) is 3. The van der Waals surface area contributed by atoms with E-state index in [0.29, 0.717) is 17.2 Å². The number of fused-ring (bicyclic) bond motifs is 1. The van der Waals surface area contributed by atoms with Gasteiger partial charge in [-0.05, 0) is 18.2 Å². The standard InChI is InChI=1S/C19H14N4O/c20-15-11-16-17(12-18(15)24)23(14-9-5-2-6-10-14)22-19(21-16)13-7-3-1-4-8-13/h1-12H,20H2. The van der Waals surface area contributed by atoms with Crippen LogP contribution in [0.25, 0.3) is 28.5 Å². The van der Waals surface area contributed by atoms with Gasteiger partial charge in [-0.1, -0.05) is 48.5 Å². The van der Waals surface area contributed by atoms with Gasteiger partial charge in [0.25, 0.3) is 0 Å². The fraction of sp³-hybridized carbons (Fsp3) is 0. The van der Waals surface area contributed by atoms with Gasteiger partial charge < -0.3 is 5.73 Å². The summed E-state index contributed by atoms with van der Waals surface area (Å²) in [5, 5.41) is 4.64. The molecule has 2 aromatic rings. The molecule has 0 fully saturated rings. The molecule has 0 saturated carbocycles. The van der Waals surface area contributed by atoms with Crippen LogP contribution in [0.4, 0.5) is 5.69 Å². The van der Waals surface area contributed by atoms with Crippen molar-refractivity contribution in [3.63, 3.8) is 0 Å². The van der Waals surface area contributed by atoms with Crippen molar-refractivity contribution in [2.24, 2.45) is 0 Å². The number of nitrogen functional groups attached to an aromatic ring is 1. The zero-order valence-electron chi connectivity index (χ0n) is 12.8. The first-order chi connectivity index (χ1) is 11.7. The van der Waals surface area contributed by atoms with Crippen LogP contribution in [0, 0.1) is 0 Å². The quantitative estimate of drug-likeness (QED) is 0.577. The molecule has 116 valence electrons. The summed E-state index contributed by atoms with van der Waals surface area (Å²) in [5.41, 5.74) is 8.73. The number of anilines is 1. The lowest BCUT2D eigenvalue weighted by atomic mass is 10.1. The van der Waals surface area contributed by atoms with Gasteiger partial charge >= 0.3 is 0 Å². The van der Waals surface area contributed by atoms with E-state index in [9.17, 15) is 4.79 Å². The van der Waals surface area contributed by atoms with E-state index in [1.807, 2.05) is 60.7 Å². The van der Waals surface area contributed by atoms with E-state index in [2.05, 4.69) is 10.1 Å². The normalized spacial score (nSPS) is 10.8. The lowest BCUT2D eigenvalue weighted by molar-refractivity contribution is 0.828. The van der Waals surface area contributed by atoms with Crippen molar-refractivity contribution in [2.75, 3.05) is 5.73 Å². The molecule has 0 aromatic heterocycles. The summed E-state index contributed by atoms with van der Waals surface area (Å²) in [6.45, 7) is 0. The number of benzene rings is 3. The van der Waals surface area contributed by atoms with Crippen molar-refractivity contribution in [3.8, 4) is 28.5 Å². The maximum absolute atomic E-state index is 12.0. The van der Waals surface area contributed by atoms with Crippen LogP contribution in [-0.4, -0.2) is 14.8 Å². The van der Waals surface area contributed by atoms with Gasteiger partial charge in [-0.3, -0.25) is 4.79 Å². The van der Waals surface area contributed by atoms with Gasteiger partial charge in [0.1, 0.15) is 0 Å². The van der Waals surface area contributed by atoms with Crippen LogP contribution < -0.4 is 11.2 Å². The molecule has 0 unspecified atom stereocenters. The molecular formula is C19H14N4O. The zero-order chi connectivity index (χ0) is 16.5. The third-order valence-electron chi connectivity index (χ3n) is 3.79. The van der Waals surface area contributed by atoms with E-state index in [1.165, 1.54) is 6.07 Å². The molecule has 0 bridgehead atoms. The second-order valence-electron chi connectivity index (χ2n) is 5.43. The third kappa shape index (κ3) is 2.42. The molecule has 0 radical (unpaired) electrons. The maximum atomic E-state index is 12.0. The molecular weight excluding hydrogens is 300 g/mol. The van der Waals surface area contributed by atoms with E-state index in [-0.39, 0.29) is 11.1 Å². The summed E-state index contributed by atoms with van der Waals surface area (Å²) < 4.78 is 1.73. The van der Waals surface area contributed by atoms with E-state index in [0.717, 1.165) is 11.3 Å². The third-order valence-corrected chi connectivity index (χ3v) is 3.79. The van der Waals surface area contributed by atoms with Crippen molar-refractivity contribution < 1.29 is 0 Å². The molecule has 1 heterocycles. The van der Waals surface area contributed by atoms with Crippen LogP contribution >= 0.6 is 0 Å². The molecule has 5 heteroatoms. The summed E-state index contributed by atoms with van der Waals surface area (Å²) in [6.07, 6.45) is 0. The number of hydrogen-bond donors (Lipinski definition) is 1. The average Bonchev–Trinajstić information content (AvgIpc) is 2.63. The van der Waals surface area contributed by atoms with Gasteiger partial charge in [0.15, 0.2) is 5.82 Å². The van der Waals surface area contributed by atoms with E-state index < -0.39 is 0 Å². The fourth-order valence-electron chi connectivity index (χ4n) is 2.59. The zero-order valence-corrected chi connectivity index (χ0v) is 12.8. The average molecular weight is 314 g/mol. The number of aromatic nitrogens is 3. The minimum atomic E-state index is -0.233. The minimum absolute atomic E-state index is 0.180. The molecule has 1 aliphatic heterocycles. The SMILES string of the molecule is Nc1cc2nc(-c3ccccc3)nn(-c3ccccc3)c-2cc1=O. The van der Waals surface area contributed by atoms with E-state index in [4.69, 9.17) is 5.73 Å². The first-order valence-corrected chi connectivity index (χ1v) is 7.54. The highest BCUT2D eigenvalue weighted by molar-refractivity contribution is 5.67. The van der Waals surface area contributed by atoms with Gasteiger partial charge in [0.05, 0.1) is 22.8 Å². The van der Waals surface area contributed by atoms with Crippen molar-refractivity contribution >= 4 is 5.69 Å². The number of hydrogen-bond acceptors (Lipinski definition) is 4. The van der Waals surface area contributed by atoms with Gasteiger partial charge in [0, 0.05) is 11.6 Å². The molecule has 4 rings (SSSR count). The summed E-state index contributed by atoms with van der Waals surface area (Å²) in [4.78, 5) is 16.6. The van der Waals surface area contributed by atoms with E-state index >= 15 is 0 Å². The summed E-state index contributed by atoms with van der Waals surface area (Å²) in [6, 6.07) is 22.4. The van der Waals surface area contributed by atoms with Gasteiger partial charge in [-0.25, -0.2) is 9.67 Å². The van der Waals surface area contributed by atoms with Crippen molar-refractivity contribution in [2.45, 2.75) is 0 Å². The smallest absolute Gasteiger partial charge is 0.203 e. The lowest BCUT2D eigenvalue weighted by Gasteiger charge is -2.16. The number of nitrogens with two attached hydrogens (primary N) is 1. The first kappa shape index (κ1) is 14.1. The molecule has 2 N–H and O–H groups in total. The lowest BCUT2D eigenvalue weighted by Crippen LogP contribution is -2.15. The fourth-order valence-corrected chi connectivity index (χ4v) is 2.59. The van der Waals surface area contributed by atoms with Gasteiger partial charge in [-0.2, -0.15) is 0 Å². The minimum Gasteiger partial charge on any atom is -0.396 e. The molecule has 0 atom stereocenters. The Morgan fingerprint density at radius 1 is 0.875 bits per heavy atom. The monoisotopic (exact) mass is 314 g/mol. The largest absolute Gasteiger partial charge is 0.396 e. The van der Waals surface area contributed by atoms with Crippen LogP contribution in [0.1, 0.15) is 0 Å². The molecule has 5 nitrogen and oxygen atoms in total. The Bertz CT molecular complexity index is 1030. The van der Waals surface area contributed by atoms with Gasteiger partial charge in [-0.15, -0.1) is 5.10 Å². The summed E-state index contributed by atoms with van der Waals surface area (Å²) in [5.74, 6) is 0.574. The Morgan fingerprint density at radius 2 is 1.54 bits per heavy atom. The Hall–Kier alpha value is -3.47. The molecule has 24 heavy (non-hydrogen) atoms. The second kappa shape index (κ2) is 5.62. The van der Waals surface area contributed by atoms with Crippen LogP contribution in [-0.2, 0) is 0 Å². The summed E-state index contributed by atoms with van der Waals surface area (Å²) >= 11 is 0. The van der Waals surface area contributed by atoms with Crippen LogP contribution in [0.3, 0.4) is 0 Å². The number of rotatable bonds is 2. The molecule has 2 aliphatic rings. The predicted octanol–water partition coefficient (Wildman–Crippen LogP) is 2.98.